The lowest BCUT2D eigenvalue weighted by Gasteiger charge is -2.01. The van der Waals surface area contributed by atoms with Gasteiger partial charge in [-0.05, 0) is 17.7 Å². The Balaban J connectivity index is 2.12. The molecule has 4 heteroatoms. The first-order valence-electron chi connectivity index (χ1n) is 4.70. The maximum absolute atomic E-state index is 9.92. The molecule has 0 unspecified atom stereocenters. The Bertz CT molecular complexity index is 417. The van der Waals surface area contributed by atoms with Crippen LogP contribution in [0.15, 0.2) is 34.3 Å². The van der Waals surface area contributed by atoms with Gasteiger partial charge in [-0.25, -0.2) is 14.8 Å². The first-order valence-corrected chi connectivity index (χ1v) is 4.70. The third-order valence-electron chi connectivity index (χ3n) is 2.11. The highest BCUT2D eigenvalue weighted by atomic mass is 16.5. The Morgan fingerprint density at radius 3 is 2.80 bits per heavy atom. The number of carbonyl (C=O) groups excluding carboxylic acids is 1. The molecule has 1 aromatic carbocycles. The summed E-state index contributed by atoms with van der Waals surface area (Å²) >= 11 is 0. The van der Waals surface area contributed by atoms with E-state index >= 15 is 0 Å². The van der Waals surface area contributed by atoms with E-state index < -0.39 is 0 Å². The van der Waals surface area contributed by atoms with Crippen molar-refractivity contribution in [1.82, 2.24) is 0 Å². The van der Waals surface area contributed by atoms with Gasteiger partial charge in [-0.1, -0.05) is 12.1 Å². The van der Waals surface area contributed by atoms with Gasteiger partial charge in [-0.3, -0.25) is 0 Å². The SMILES string of the molecule is O=C=NCc1ccc(C2=NCCO2)cc1. The molecule has 1 aliphatic rings. The average molecular weight is 202 g/mol. The Morgan fingerprint density at radius 2 is 2.20 bits per heavy atom. The van der Waals surface area contributed by atoms with Crippen molar-refractivity contribution >= 4 is 12.0 Å². The van der Waals surface area contributed by atoms with Gasteiger partial charge in [0, 0.05) is 5.56 Å². The second-order valence-electron chi connectivity index (χ2n) is 3.14. The standard InChI is InChI=1S/C11H10N2O2/c14-8-12-7-9-1-3-10(4-2-9)11-13-5-6-15-11/h1-4H,5-7H2. The van der Waals surface area contributed by atoms with Gasteiger partial charge in [0.15, 0.2) is 0 Å². The zero-order chi connectivity index (χ0) is 10.5. The highest BCUT2D eigenvalue weighted by molar-refractivity contribution is 5.94. The van der Waals surface area contributed by atoms with Gasteiger partial charge < -0.3 is 4.74 Å². The summed E-state index contributed by atoms with van der Waals surface area (Å²) < 4.78 is 5.32. The van der Waals surface area contributed by atoms with Crippen LogP contribution in [0.1, 0.15) is 11.1 Å². The minimum atomic E-state index is 0.372. The zero-order valence-corrected chi connectivity index (χ0v) is 8.14. The third-order valence-corrected chi connectivity index (χ3v) is 2.11. The molecule has 2 rings (SSSR count). The molecule has 1 aromatic rings. The molecule has 1 heterocycles. The van der Waals surface area contributed by atoms with E-state index in [2.05, 4.69) is 9.98 Å². The van der Waals surface area contributed by atoms with Gasteiger partial charge in [0.1, 0.15) is 6.61 Å². The van der Waals surface area contributed by atoms with Crippen LogP contribution in [-0.2, 0) is 16.1 Å². The minimum Gasteiger partial charge on any atom is -0.476 e. The van der Waals surface area contributed by atoms with E-state index in [0.29, 0.717) is 19.0 Å². The van der Waals surface area contributed by atoms with E-state index in [1.165, 1.54) is 6.08 Å². The lowest BCUT2D eigenvalue weighted by molar-refractivity contribution is 0.348. The number of benzene rings is 1. The van der Waals surface area contributed by atoms with Crippen LogP contribution in [0.3, 0.4) is 0 Å². The van der Waals surface area contributed by atoms with Gasteiger partial charge >= 0.3 is 0 Å². The van der Waals surface area contributed by atoms with E-state index in [1.807, 2.05) is 24.3 Å². The van der Waals surface area contributed by atoms with Crippen molar-refractivity contribution in [2.24, 2.45) is 9.98 Å². The average Bonchev–Trinajstić information content (AvgIpc) is 2.80. The highest BCUT2D eigenvalue weighted by Crippen LogP contribution is 2.10. The van der Waals surface area contributed by atoms with Crippen molar-refractivity contribution < 1.29 is 9.53 Å². The fraction of sp³-hybridized carbons (Fsp3) is 0.273. The van der Waals surface area contributed by atoms with Crippen LogP contribution in [0.25, 0.3) is 0 Å². The van der Waals surface area contributed by atoms with Crippen LogP contribution in [-0.4, -0.2) is 25.1 Å². The molecule has 1 aliphatic heterocycles. The van der Waals surface area contributed by atoms with Crippen molar-refractivity contribution in [3.8, 4) is 0 Å². The van der Waals surface area contributed by atoms with Crippen LogP contribution in [0.4, 0.5) is 0 Å². The summed E-state index contributed by atoms with van der Waals surface area (Å²) in [7, 11) is 0. The van der Waals surface area contributed by atoms with Crippen molar-refractivity contribution in [3.63, 3.8) is 0 Å². The fourth-order valence-electron chi connectivity index (χ4n) is 1.39. The lowest BCUT2D eigenvalue weighted by Crippen LogP contribution is -2.00. The molecule has 0 atom stereocenters. The van der Waals surface area contributed by atoms with Crippen LogP contribution in [0, 0.1) is 0 Å². The molecule has 0 radical (unpaired) electrons. The normalized spacial score (nSPS) is 14.0. The molecule has 0 aromatic heterocycles. The summed E-state index contributed by atoms with van der Waals surface area (Å²) in [5.74, 6) is 0.695. The number of hydrogen-bond donors (Lipinski definition) is 0. The Morgan fingerprint density at radius 1 is 1.40 bits per heavy atom. The molecule has 0 saturated carbocycles. The highest BCUT2D eigenvalue weighted by Gasteiger charge is 2.09. The monoisotopic (exact) mass is 202 g/mol. The van der Waals surface area contributed by atoms with Crippen molar-refractivity contribution in [2.45, 2.75) is 6.54 Å². The number of ether oxygens (including phenoxy) is 1. The van der Waals surface area contributed by atoms with Crippen LogP contribution < -0.4 is 0 Å². The smallest absolute Gasteiger partial charge is 0.235 e. The summed E-state index contributed by atoms with van der Waals surface area (Å²) in [5.41, 5.74) is 1.94. The Kier molecular flexibility index (Phi) is 2.90. The van der Waals surface area contributed by atoms with E-state index in [1.54, 1.807) is 0 Å². The van der Waals surface area contributed by atoms with E-state index in [9.17, 15) is 4.79 Å². The molecule has 0 aliphatic carbocycles. The van der Waals surface area contributed by atoms with E-state index in [-0.39, 0.29) is 0 Å². The number of hydrogen-bond acceptors (Lipinski definition) is 4. The molecule has 0 bridgehead atoms. The molecule has 15 heavy (non-hydrogen) atoms. The number of rotatable bonds is 3. The first kappa shape index (κ1) is 9.62. The molecule has 0 amide bonds. The van der Waals surface area contributed by atoms with Crippen molar-refractivity contribution in [3.05, 3.63) is 35.4 Å². The predicted octanol–water partition coefficient (Wildman–Crippen LogP) is 1.30. The molecule has 4 nitrogen and oxygen atoms in total. The van der Waals surface area contributed by atoms with Gasteiger partial charge in [0.2, 0.25) is 12.0 Å². The van der Waals surface area contributed by atoms with Crippen LogP contribution in [0.2, 0.25) is 0 Å². The summed E-state index contributed by atoms with van der Waals surface area (Å²) in [4.78, 5) is 17.6. The molecular formula is C11H10N2O2. The number of nitrogens with zero attached hydrogens (tertiary/aromatic N) is 2. The van der Waals surface area contributed by atoms with Crippen molar-refractivity contribution in [1.29, 1.82) is 0 Å². The van der Waals surface area contributed by atoms with Gasteiger partial charge in [0.25, 0.3) is 0 Å². The quantitative estimate of drug-likeness (QED) is 0.548. The molecule has 0 spiro atoms. The van der Waals surface area contributed by atoms with Gasteiger partial charge in [0.05, 0.1) is 13.1 Å². The predicted molar refractivity (Wildman–Crippen MR) is 55.6 cm³/mol. The maximum Gasteiger partial charge on any atom is 0.235 e. The van der Waals surface area contributed by atoms with Gasteiger partial charge in [-0.15, -0.1) is 0 Å². The summed E-state index contributed by atoms with van der Waals surface area (Å²) in [5, 5.41) is 0. The largest absolute Gasteiger partial charge is 0.476 e. The maximum atomic E-state index is 9.92. The number of aliphatic imine (C=N–C) groups is 2. The van der Waals surface area contributed by atoms with Gasteiger partial charge in [-0.2, -0.15) is 0 Å². The second kappa shape index (κ2) is 4.53. The fourth-order valence-corrected chi connectivity index (χ4v) is 1.39. The van der Waals surface area contributed by atoms with Crippen molar-refractivity contribution in [2.75, 3.05) is 13.2 Å². The molecule has 76 valence electrons. The molecular weight excluding hydrogens is 192 g/mol. The first-order chi connectivity index (χ1) is 7.40. The number of isocyanates is 1. The van der Waals surface area contributed by atoms with E-state index in [0.717, 1.165) is 17.7 Å². The Labute approximate surface area is 87.3 Å². The van der Waals surface area contributed by atoms with Crippen LogP contribution >= 0.6 is 0 Å². The zero-order valence-electron chi connectivity index (χ0n) is 8.14. The minimum absolute atomic E-state index is 0.372. The molecule has 0 N–H and O–H groups in total. The summed E-state index contributed by atoms with van der Waals surface area (Å²) in [6.07, 6.45) is 1.51. The third kappa shape index (κ3) is 2.30. The van der Waals surface area contributed by atoms with E-state index in [4.69, 9.17) is 4.74 Å². The second-order valence-corrected chi connectivity index (χ2v) is 3.14. The summed E-state index contributed by atoms with van der Waals surface area (Å²) in [6.45, 7) is 1.76. The topological polar surface area (TPSA) is 51.0 Å². The lowest BCUT2D eigenvalue weighted by atomic mass is 10.1. The summed E-state index contributed by atoms with van der Waals surface area (Å²) in [6, 6.07) is 7.64. The van der Waals surface area contributed by atoms with Crippen LogP contribution in [0.5, 0.6) is 0 Å². The molecule has 0 saturated heterocycles. The Hall–Kier alpha value is -1.93. The molecule has 0 fully saturated rings.